The van der Waals surface area contributed by atoms with E-state index in [4.69, 9.17) is 0 Å². The van der Waals surface area contributed by atoms with E-state index in [0.29, 0.717) is 0 Å². The molecule has 0 spiro atoms. The monoisotopic (exact) mass is 202 g/mol. The minimum atomic E-state index is 0. The van der Waals surface area contributed by atoms with Crippen molar-refractivity contribution >= 4 is 19.8 Å². The van der Waals surface area contributed by atoms with E-state index in [-0.39, 0.29) is 51.6 Å². The van der Waals surface area contributed by atoms with Crippen LogP contribution in [0.2, 0.25) is 0 Å². The van der Waals surface area contributed by atoms with E-state index >= 15 is 0 Å². The molecule has 2 unspecified atom stereocenters. The van der Waals surface area contributed by atoms with Gasteiger partial charge in [0.1, 0.15) is 0 Å². The van der Waals surface area contributed by atoms with Gasteiger partial charge in [0, 0.05) is 0 Å². The molecule has 0 bridgehead atoms. The van der Waals surface area contributed by atoms with Crippen LogP contribution in [0, 0.1) is 0 Å². The molecule has 2 atom stereocenters. The zero-order valence-corrected chi connectivity index (χ0v) is 7.49. The largest absolute Gasteiger partial charge is 2.00 e. The van der Waals surface area contributed by atoms with Gasteiger partial charge >= 0.3 is 19.5 Å². The zero-order chi connectivity index (χ0) is 0. The molecule has 38 valence electrons. The van der Waals surface area contributed by atoms with Crippen molar-refractivity contribution in [2.75, 3.05) is 0 Å². The van der Waals surface area contributed by atoms with Crippen molar-refractivity contribution < 1.29 is 19.5 Å². The van der Waals surface area contributed by atoms with Crippen molar-refractivity contribution in [3.63, 3.8) is 0 Å². The molecule has 4 N–H and O–H groups in total. The zero-order valence-electron chi connectivity index (χ0n) is 2.92. The van der Waals surface area contributed by atoms with Crippen molar-refractivity contribution in [3.05, 3.63) is 12.3 Å². The van der Waals surface area contributed by atoms with Gasteiger partial charge < -0.3 is 12.3 Å². The topological polar surface area (TPSA) is 67.0 Å². The predicted octanol–water partition coefficient (Wildman–Crippen LogP) is 1.55. The van der Waals surface area contributed by atoms with E-state index < -0.39 is 0 Å². The van der Waals surface area contributed by atoms with Gasteiger partial charge in [0.2, 0.25) is 0 Å². The van der Waals surface area contributed by atoms with Gasteiger partial charge in [-0.1, -0.05) is 0 Å². The Morgan fingerprint density at radius 3 is 0.600 bits per heavy atom. The van der Waals surface area contributed by atoms with Crippen molar-refractivity contribution in [2.45, 2.75) is 0 Å². The maximum Gasteiger partial charge on any atom is 2.00 e. The van der Waals surface area contributed by atoms with Gasteiger partial charge in [0.15, 0.2) is 0 Å². The van der Waals surface area contributed by atoms with E-state index in [0.717, 1.165) is 0 Å². The van der Waals surface area contributed by atoms with Crippen molar-refractivity contribution in [1.29, 1.82) is 0 Å². The molecule has 2 nitrogen and oxygen atoms in total. The third kappa shape index (κ3) is 31.8. The van der Waals surface area contributed by atoms with Gasteiger partial charge in [0.25, 0.3) is 0 Å². The molecule has 5 heavy (non-hydrogen) atoms. The molecule has 0 saturated carbocycles. The first-order chi connectivity index (χ1) is 0. The Morgan fingerprint density at radius 2 is 0.600 bits per heavy atom. The van der Waals surface area contributed by atoms with Crippen LogP contribution >= 0.6 is 19.8 Å². The average molecular weight is 201 g/mol. The molecule has 0 aromatic heterocycles. The molecular formula is H10N2P2Ru. The molecule has 0 saturated heterocycles. The van der Waals surface area contributed by atoms with Crippen LogP contribution in [0.1, 0.15) is 0 Å². The summed E-state index contributed by atoms with van der Waals surface area (Å²) >= 11 is 0. The summed E-state index contributed by atoms with van der Waals surface area (Å²) in [5, 5.41) is 0. The van der Waals surface area contributed by atoms with Gasteiger partial charge in [-0.05, 0) is 0 Å². The van der Waals surface area contributed by atoms with Crippen LogP contribution in [0.4, 0.5) is 0 Å². The minimum absolute atomic E-state index is 0. The smallest absolute Gasteiger partial charge is 0.693 e. The molecule has 0 aliphatic rings. The summed E-state index contributed by atoms with van der Waals surface area (Å²) in [6, 6.07) is 0. The molecule has 0 radical (unpaired) electrons. The molecule has 0 aromatic carbocycles. The van der Waals surface area contributed by atoms with Gasteiger partial charge in [-0.15, -0.1) is 0 Å². The standard InChI is InChI=1S/2H2N.2H3P.Ru/h2*1H2;2*1H3;/q2*-1;;;+2. The van der Waals surface area contributed by atoms with Gasteiger partial charge in [-0.3, -0.25) is 0 Å². The van der Waals surface area contributed by atoms with Crippen LogP contribution < -0.4 is 0 Å². The summed E-state index contributed by atoms with van der Waals surface area (Å²) in [5.41, 5.74) is 0. The molecule has 0 aliphatic carbocycles. The van der Waals surface area contributed by atoms with Gasteiger partial charge in [0.05, 0.1) is 0 Å². The summed E-state index contributed by atoms with van der Waals surface area (Å²) in [4.78, 5) is 0. The van der Waals surface area contributed by atoms with E-state index in [9.17, 15) is 0 Å². The first kappa shape index (κ1) is 94.9. The number of rotatable bonds is 0. The maximum absolute atomic E-state index is 0. The molecule has 0 amide bonds. The van der Waals surface area contributed by atoms with Crippen LogP contribution in [-0.4, -0.2) is 0 Å². The Labute approximate surface area is 52.0 Å². The third-order valence-electron chi connectivity index (χ3n) is 0. The number of nitrogens with two attached hydrogens (primary N) is 2. The van der Waals surface area contributed by atoms with Gasteiger partial charge in [-0.2, -0.15) is 19.8 Å². The maximum atomic E-state index is 0. The molecule has 0 rings (SSSR count). The average Bonchev–Trinajstić information content (AvgIpc) is 0. The quantitative estimate of drug-likeness (QED) is 0.421. The Bertz CT molecular complexity index is 7.61. The van der Waals surface area contributed by atoms with E-state index in [1.807, 2.05) is 0 Å². The fourth-order valence-corrected chi connectivity index (χ4v) is 0. The second-order valence-electron chi connectivity index (χ2n) is 0. The van der Waals surface area contributed by atoms with E-state index in [1.54, 1.807) is 0 Å². The summed E-state index contributed by atoms with van der Waals surface area (Å²) < 4.78 is 0. The fraction of sp³-hybridized carbons (Fsp3) is 0. The van der Waals surface area contributed by atoms with E-state index in [1.165, 1.54) is 0 Å². The second kappa shape index (κ2) is 53.2. The summed E-state index contributed by atoms with van der Waals surface area (Å²) in [6.45, 7) is 0. The van der Waals surface area contributed by atoms with Gasteiger partial charge in [-0.25, -0.2) is 0 Å². The summed E-state index contributed by atoms with van der Waals surface area (Å²) in [6.07, 6.45) is 0. The van der Waals surface area contributed by atoms with E-state index in [2.05, 4.69) is 0 Å². The Morgan fingerprint density at radius 1 is 0.600 bits per heavy atom. The molecule has 0 fully saturated rings. The fourth-order valence-electron chi connectivity index (χ4n) is 0. The Hall–Kier alpha value is 1.40. The first-order valence-corrected chi connectivity index (χ1v) is 0. The minimum Gasteiger partial charge on any atom is -0.693 e. The number of hydrogen-bond acceptors (Lipinski definition) is 0. The van der Waals surface area contributed by atoms with Crippen LogP contribution in [-0.2, 0) is 19.5 Å². The SMILES string of the molecule is P.P.[NH2-].[NH2-].[Ru+2]. The summed E-state index contributed by atoms with van der Waals surface area (Å²) in [7, 11) is 0. The third-order valence-corrected chi connectivity index (χ3v) is 0. The van der Waals surface area contributed by atoms with Crippen LogP contribution in [0.15, 0.2) is 0 Å². The molecule has 0 heterocycles. The Kier molecular flexibility index (Phi) is 1010. The first-order valence-electron chi connectivity index (χ1n) is 0. The summed E-state index contributed by atoms with van der Waals surface area (Å²) in [5.74, 6) is 0. The van der Waals surface area contributed by atoms with Crippen LogP contribution in [0.25, 0.3) is 12.3 Å². The van der Waals surface area contributed by atoms with Crippen LogP contribution in [0.5, 0.6) is 0 Å². The van der Waals surface area contributed by atoms with Crippen LogP contribution in [0.3, 0.4) is 0 Å². The second-order valence-corrected chi connectivity index (χ2v) is 0. The Balaban J connectivity index is 0. The molecular weight excluding hydrogens is 191 g/mol. The van der Waals surface area contributed by atoms with Crippen molar-refractivity contribution in [3.8, 4) is 0 Å². The predicted molar refractivity (Wildman–Crippen MR) is 32.8 cm³/mol. The molecule has 0 aliphatic heterocycles. The van der Waals surface area contributed by atoms with Crippen molar-refractivity contribution in [2.24, 2.45) is 0 Å². The molecule has 0 aromatic rings. The number of hydrogen-bond donors (Lipinski definition) is 0. The molecule has 5 heteroatoms. The van der Waals surface area contributed by atoms with Crippen molar-refractivity contribution in [1.82, 2.24) is 0 Å². The normalized spacial score (nSPS) is 0.